The van der Waals surface area contributed by atoms with Crippen molar-refractivity contribution < 1.29 is 4.74 Å². The zero-order valence-corrected chi connectivity index (χ0v) is 32.9. The molecule has 0 bridgehead atoms. The second-order valence-electron chi connectivity index (χ2n) is 14.6. The average molecular weight is 774 g/mol. The van der Waals surface area contributed by atoms with Crippen LogP contribution >= 0.6 is 0 Å². The third-order valence-corrected chi connectivity index (χ3v) is 10.9. The second kappa shape index (κ2) is 16.0. The van der Waals surface area contributed by atoms with Crippen LogP contribution in [0, 0.1) is 0 Å². The van der Waals surface area contributed by atoms with Crippen molar-refractivity contribution in [3.05, 3.63) is 219 Å². The summed E-state index contributed by atoms with van der Waals surface area (Å²) in [6.45, 7) is 0. The maximum absolute atomic E-state index is 5.48. The zero-order chi connectivity index (χ0) is 40.3. The lowest BCUT2D eigenvalue weighted by Gasteiger charge is -2.17. The van der Waals surface area contributed by atoms with Crippen molar-refractivity contribution in [3.8, 4) is 95.1 Å². The summed E-state index contributed by atoms with van der Waals surface area (Å²) in [5.41, 5.74) is 17.0. The molecule has 7 aromatic carbocycles. The molecule has 3 aromatic heterocycles. The van der Waals surface area contributed by atoms with Crippen LogP contribution < -0.4 is 4.74 Å². The molecule has 0 aliphatic carbocycles. The summed E-state index contributed by atoms with van der Waals surface area (Å²) < 4.78 is 9.35. The van der Waals surface area contributed by atoms with Gasteiger partial charge in [0.15, 0.2) is 0 Å². The first-order chi connectivity index (χ1) is 29.7. The van der Waals surface area contributed by atoms with Gasteiger partial charge in [-0.15, -0.1) is 0 Å². The van der Waals surface area contributed by atoms with Crippen molar-refractivity contribution in [3.63, 3.8) is 0 Å². The number of pyridine rings is 1. The molecule has 0 N–H and O–H groups in total. The molecule has 0 aliphatic heterocycles. The van der Waals surface area contributed by atoms with Gasteiger partial charge in [-0.2, -0.15) is 10.2 Å². The highest BCUT2D eigenvalue weighted by molar-refractivity contribution is 5.94. The van der Waals surface area contributed by atoms with Crippen LogP contribution in [0.4, 0.5) is 0 Å². The lowest BCUT2D eigenvalue weighted by Crippen LogP contribution is -1.93. The SMILES string of the molecule is COc1cccc(-c2ccc(-c3ccccc3-c3cc(-c4ccccc4-c4cnn(-c5ccccc5)c4)cc(-c4ccccc4-c4cnn(-c5ccccc5)c4)c3)cn2)c1. The van der Waals surface area contributed by atoms with Gasteiger partial charge < -0.3 is 4.74 Å². The third kappa shape index (κ3) is 7.18. The number of para-hydroxylation sites is 2. The van der Waals surface area contributed by atoms with Gasteiger partial charge in [0.1, 0.15) is 5.75 Å². The van der Waals surface area contributed by atoms with Gasteiger partial charge in [-0.25, -0.2) is 9.36 Å². The summed E-state index contributed by atoms with van der Waals surface area (Å²) in [6, 6.07) is 65.5. The summed E-state index contributed by atoms with van der Waals surface area (Å²) >= 11 is 0. The van der Waals surface area contributed by atoms with E-state index < -0.39 is 0 Å². The van der Waals surface area contributed by atoms with Crippen LogP contribution in [-0.4, -0.2) is 31.7 Å². The molecule has 6 heteroatoms. The normalized spacial score (nSPS) is 11.1. The molecule has 0 spiro atoms. The zero-order valence-electron chi connectivity index (χ0n) is 32.9. The van der Waals surface area contributed by atoms with Crippen molar-refractivity contribution in [2.45, 2.75) is 0 Å². The molecule has 0 aliphatic rings. The molecular formula is C54H39N5O. The van der Waals surface area contributed by atoms with Gasteiger partial charge in [0.25, 0.3) is 0 Å². The van der Waals surface area contributed by atoms with E-state index in [4.69, 9.17) is 19.9 Å². The molecule has 0 radical (unpaired) electrons. The molecule has 0 unspecified atom stereocenters. The number of nitrogens with zero attached hydrogens (tertiary/aromatic N) is 5. The van der Waals surface area contributed by atoms with Gasteiger partial charge in [-0.05, 0) is 111 Å². The van der Waals surface area contributed by atoms with Gasteiger partial charge >= 0.3 is 0 Å². The van der Waals surface area contributed by atoms with E-state index in [1.807, 2.05) is 82.6 Å². The molecule has 0 saturated carbocycles. The van der Waals surface area contributed by atoms with Gasteiger partial charge in [0, 0.05) is 40.8 Å². The van der Waals surface area contributed by atoms with Gasteiger partial charge in [0.2, 0.25) is 0 Å². The minimum absolute atomic E-state index is 0.803. The number of aromatic nitrogens is 5. The van der Waals surface area contributed by atoms with Crippen molar-refractivity contribution in [1.82, 2.24) is 24.5 Å². The molecule has 6 nitrogen and oxygen atoms in total. The van der Waals surface area contributed by atoms with Gasteiger partial charge in [0.05, 0.1) is 36.6 Å². The number of methoxy groups -OCH3 is 1. The molecule has 0 amide bonds. The maximum Gasteiger partial charge on any atom is 0.119 e. The first-order valence-corrected chi connectivity index (χ1v) is 19.9. The van der Waals surface area contributed by atoms with Crippen LogP contribution in [0.5, 0.6) is 5.75 Å². The summed E-state index contributed by atoms with van der Waals surface area (Å²) in [5, 5.41) is 9.55. The number of hydrogen-bond donors (Lipinski definition) is 0. The quantitative estimate of drug-likeness (QED) is 0.139. The van der Waals surface area contributed by atoms with Crippen LogP contribution in [0.1, 0.15) is 0 Å². The van der Waals surface area contributed by atoms with E-state index in [-0.39, 0.29) is 0 Å². The van der Waals surface area contributed by atoms with E-state index in [2.05, 4.69) is 146 Å². The van der Waals surface area contributed by atoms with Crippen LogP contribution in [0.25, 0.3) is 89.4 Å². The monoisotopic (exact) mass is 773 g/mol. The van der Waals surface area contributed by atoms with Crippen molar-refractivity contribution >= 4 is 0 Å². The summed E-state index contributed by atoms with van der Waals surface area (Å²) in [6.07, 6.45) is 10.1. The van der Waals surface area contributed by atoms with Gasteiger partial charge in [-0.1, -0.05) is 127 Å². The maximum atomic E-state index is 5.48. The van der Waals surface area contributed by atoms with Crippen molar-refractivity contribution in [1.29, 1.82) is 0 Å². The van der Waals surface area contributed by atoms with Crippen LogP contribution in [-0.2, 0) is 0 Å². The third-order valence-electron chi connectivity index (χ3n) is 10.9. The number of benzene rings is 7. The minimum Gasteiger partial charge on any atom is -0.497 e. The first-order valence-electron chi connectivity index (χ1n) is 19.9. The van der Waals surface area contributed by atoms with E-state index >= 15 is 0 Å². The Morgan fingerprint density at radius 1 is 0.350 bits per heavy atom. The standard InChI is InChI=1S/C54H39N5O/c1-60-47-20-14-15-38(32-47)54-28-27-39(33-55-54)48-21-8-9-22-49(48)40-29-41(50-23-10-12-25-52(50)43-34-56-58(36-43)45-16-4-2-5-17-45)31-42(30-40)51-24-11-13-26-53(51)44-35-57-59(37-44)46-18-6-3-7-19-46/h2-37H,1H3. The molecule has 60 heavy (non-hydrogen) atoms. The fraction of sp³-hybridized carbons (Fsp3) is 0.0185. The molecule has 286 valence electrons. The molecule has 0 saturated heterocycles. The molecule has 3 heterocycles. The molecule has 0 atom stereocenters. The predicted octanol–water partition coefficient (Wildman–Crippen LogP) is 13.1. The molecular weight excluding hydrogens is 735 g/mol. The highest BCUT2D eigenvalue weighted by Gasteiger charge is 2.18. The Kier molecular flexibility index (Phi) is 9.70. The fourth-order valence-corrected chi connectivity index (χ4v) is 7.93. The number of hydrogen-bond acceptors (Lipinski definition) is 4. The Balaban J connectivity index is 1.12. The van der Waals surface area contributed by atoms with Crippen LogP contribution in [0.3, 0.4) is 0 Å². The van der Waals surface area contributed by atoms with Crippen LogP contribution in [0.2, 0.25) is 0 Å². The number of rotatable bonds is 10. The van der Waals surface area contributed by atoms with E-state index in [9.17, 15) is 0 Å². The first kappa shape index (κ1) is 36.3. The smallest absolute Gasteiger partial charge is 0.119 e. The van der Waals surface area contributed by atoms with Gasteiger partial charge in [-0.3, -0.25) is 4.98 Å². The second-order valence-corrected chi connectivity index (χ2v) is 14.6. The predicted molar refractivity (Wildman–Crippen MR) is 243 cm³/mol. The molecule has 10 rings (SSSR count). The minimum atomic E-state index is 0.803. The fourth-order valence-electron chi connectivity index (χ4n) is 7.93. The van der Waals surface area contributed by atoms with Crippen LogP contribution in [0.15, 0.2) is 219 Å². The van der Waals surface area contributed by atoms with E-state index in [1.165, 1.54) is 0 Å². The van der Waals surface area contributed by atoms with E-state index in [1.54, 1.807) is 7.11 Å². The summed E-state index contributed by atoms with van der Waals surface area (Å²) in [5.74, 6) is 0.803. The summed E-state index contributed by atoms with van der Waals surface area (Å²) in [4.78, 5) is 4.93. The Morgan fingerprint density at radius 3 is 1.22 bits per heavy atom. The molecule has 10 aromatic rings. The van der Waals surface area contributed by atoms with Crippen molar-refractivity contribution in [2.24, 2.45) is 0 Å². The Bertz CT molecular complexity index is 2940. The Hall–Kier alpha value is -8.09. The highest BCUT2D eigenvalue weighted by atomic mass is 16.5. The molecule has 0 fully saturated rings. The lowest BCUT2D eigenvalue weighted by atomic mass is 9.87. The Labute approximate surface area is 349 Å². The Morgan fingerprint density at radius 2 is 0.783 bits per heavy atom. The largest absolute Gasteiger partial charge is 0.497 e. The van der Waals surface area contributed by atoms with E-state index in [0.717, 1.165) is 95.1 Å². The summed E-state index contributed by atoms with van der Waals surface area (Å²) in [7, 11) is 1.68. The topological polar surface area (TPSA) is 57.8 Å². The average Bonchev–Trinajstić information content (AvgIpc) is 4.04. The van der Waals surface area contributed by atoms with E-state index in [0.29, 0.717) is 0 Å². The lowest BCUT2D eigenvalue weighted by molar-refractivity contribution is 0.415. The highest BCUT2D eigenvalue weighted by Crippen LogP contribution is 2.42. The van der Waals surface area contributed by atoms with Crippen molar-refractivity contribution in [2.75, 3.05) is 7.11 Å². The number of ether oxygens (including phenoxy) is 1.